The first-order valence-electron chi connectivity index (χ1n) is 4.12. The molecule has 0 spiro atoms. The zero-order valence-electron chi connectivity index (χ0n) is 7.28. The van der Waals surface area contributed by atoms with Gasteiger partial charge in [-0.2, -0.15) is 0 Å². The molecule has 2 atom stereocenters. The maximum atomic E-state index is 11.3. The van der Waals surface area contributed by atoms with E-state index >= 15 is 0 Å². The van der Waals surface area contributed by atoms with Crippen molar-refractivity contribution in [3.63, 3.8) is 0 Å². The highest BCUT2D eigenvalue weighted by molar-refractivity contribution is 5.94. The van der Waals surface area contributed by atoms with Gasteiger partial charge in [-0.15, -0.1) is 0 Å². The van der Waals surface area contributed by atoms with E-state index in [1.807, 2.05) is 13.8 Å². The van der Waals surface area contributed by atoms with Gasteiger partial charge in [0.1, 0.15) is 0 Å². The lowest BCUT2D eigenvalue weighted by Crippen LogP contribution is -2.32. The highest BCUT2D eigenvalue weighted by Gasteiger charge is 2.39. The number of rotatable bonds is 1. The third-order valence-electron chi connectivity index (χ3n) is 2.41. The average Bonchev–Trinajstić information content (AvgIpc) is 2.27. The molecule has 2 unspecified atom stereocenters. The van der Waals surface area contributed by atoms with E-state index in [1.54, 1.807) is 0 Å². The molecule has 0 bridgehead atoms. The standard InChI is InChI=1S/C8H13NO3/c1-3-6-5(2)4-9(7(6)10)8(11)12/h5-6H,3-4H2,1-2H3,(H,11,12). The quantitative estimate of drug-likeness (QED) is 0.644. The van der Waals surface area contributed by atoms with Crippen molar-refractivity contribution in [2.24, 2.45) is 11.8 Å². The van der Waals surface area contributed by atoms with E-state index in [4.69, 9.17) is 5.11 Å². The molecule has 1 aliphatic heterocycles. The van der Waals surface area contributed by atoms with Crippen LogP contribution in [-0.4, -0.2) is 28.6 Å². The predicted octanol–water partition coefficient (Wildman–Crippen LogP) is 1.17. The van der Waals surface area contributed by atoms with Crippen molar-refractivity contribution >= 4 is 12.0 Å². The zero-order chi connectivity index (χ0) is 9.30. The van der Waals surface area contributed by atoms with E-state index in [0.717, 1.165) is 11.3 Å². The molecular weight excluding hydrogens is 158 g/mol. The fourth-order valence-electron chi connectivity index (χ4n) is 1.70. The lowest BCUT2D eigenvalue weighted by molar-refractivity contribution is -0.129. The van der Waals surface area contributed by atoms with E-state index < -0.39 is 6.09 Å². The van der Waals surface area contributed by atoms with E-state index in [2.05, 4.69) is 0 Å². The van der Waals surface area contributed by atoms with Crippen LogP contribution in [0.4, 0.5) is 4.79 Å². The smallest absolute Gasteiger partial charge is 0.414 e. The fraction of sp³-hybridized carbons (Fsp3) is 0.750. The Hall–Kier alpha value is -1.06. The van der Waals surface area contributed by atoms with Gasteiger partial charge < -0.3 is 5.11 Å². The number of carboxylic acid groups (broad SMARTS) is 1. The van der Waals surface area contributed by atoms with E-state index in [9.17, 15) is 9.59 Å². The molecule has 1 rings (SSSR count). The number of hydrogen-bond acceptors (Lipinski definition) is 2. The fourth-order valence-corrected chi connectivity index (χ4v) is 1.70. The number of carbonyl (C=O) groups excluding carboxylic acids is 1. The lowest BCUT2D eigenvalue weighted by Gasteiger charge is -2.08. The van der Waals surface area contributed by atoms with Gasteiger partial charge in [0.05, 0.1) is 0 Å². The van der Waals surface area contributed by atoms with Gasteiger partial charge in [-0.05, 0) is 12.3 Å². The Morgan fingerprint density at radius 2 is 2.33 bits per heavy atom. The Morgan fingerprint density at radius 3 is 2.58 bits per heavy atom. The summed E-state index contributed by atoms with van der Waals surface area (Å²) in [6.45, 7) is 4.17. The molecule has 1 saturated heterocycles. The van der Waals surface area contributed by atoms with Crippen LogP contribution in [0.2, 0.25) is 0 Å². The van der Waals surface area contributed by atoms with Crippen molar-refractivity contribution in [3.05, 3.63) is 0 Å². The van der Waals surface area contributed by atoms with Gasteiger partial charge in [-0.25, -0.2) is 9.69 Å². The molecule has 4 nitrogen and oxygen atoms in total. The number of likely N-dealkylation sites (tertiary alicyclic amines) is 1. The first kappa shape index (κ1) is 9.03. The third-order valence-corrected chi connectivity index (χ3v) is 2.41. The van der Waals surface area contributed by atoms with Crippen LogP contribution < -0.4 is 0 Å². The monoisotopic (exact) mass is 171 g/mol. The molecular formula is C8H13NO3. The van der Waals surface area contributed by atoms with Crippen LogP contribution in [-0.2, 0) is 4.79 Å². The van der Waals surface area contributed by atoms with Gasteiger partial charge in [0, 0.05) is 12.5 Å². The Kier molecular flexibility index (Phi) is 2.35. The summed E-state index contributed by atoms with van der Waals surface area (Å²) in [5.74, 6) is -0.169. The number of nitrogens with zero attached hydrogens (tertiary/aromatic N) is 1. The molecule has 4 heteroatoms. The molecule has 0 aromatic heterocycles. The molecule has 0 aliphatic carbocycles. The topological polar surface area (TPSA) is 57.6 Å². The first-order chi connectivity index (χ1) is 5.57. The minimum absolute atomic E-state index is 0.0962. The lowest BCUT2D eigenvalue weighted by atomic mass is 9.95. The highest BCUT2D eigenvalue weighted by atomic mass is 16.4. The second-order valence-electron chi connectivity index (χ2n) is 3.22. The van der Waals surface area contributed by atoms with Crippen LogP contribution >= 0.6 is 0 Å². The van der Waals surface area contributed by atoms with Gasteiger partial charge in [-0.3, -0.25) is 4.79 Å². The maximum absolute atomic E-state index is 11.3. The van der Waals surface area contributed by atoms with Crippen LogP contribution in [0.1, 0.15) is 20.3 Å². The summed E-state index contributed by atoms with van der Waals surface area (Å²) >= 11 is 0. The molecule has 0 saturated carbocycles. The Morgan fingerprint density at radius 1 is 1.75 bits per heavy atom. The SMILES string of the molecule is CCC1C(=O)N(C(=O)O)CC1C. The van der Waals surface area contributed by atoms with Crippen molar-refractivity contribution in [1.82, 2.24) is 4.90 Å². The Labute approximate surface area is 71.2 Å². The molecule has 1 aliphatic rings. The number of carbonyl (C=O) groups is 2. The highest BCUT2D eigenvalue weighted by Crippen LogP contribution is 2.26. The van der Waals surface area contributed by atoms with Crippen molar-refractivity contribution in [2.45, 2.75) is 20.3 Å². The van der Waals surface area contributed by atoms with Crippen molar-refractivity contribution in [1.29, 1.82) is 0 Å². The van der Waals surface area contributed by atoms with Crippen molar-refractivity contribution in [2.75, 3.05) is 6.54 Å². The van der Waals surface area contributed by atoms with E-state index in [1.165, 1.54) is 0 Å². The van der Waals surface area contributed by atoms with Gasteiger partial charge in [0.2, 0.25) is 5.91 Å². The molecule has 12 heavy (non-hydrogen) atoms. The summed E-state index contributed by atoms with van der Waals surface area (Å²) in [4.78, 5) is 22.8. The van der Waals surface area contributed by atoms with Crippen molar-refractivity contribution in [3.8, 4) is 0 Å². The van der Waals surface area contributed by atoms with Crippen LogP contribution in [0.25, 0.3) is 0 Å². The molecule has 0 radical (unpaired) electrons. The zero-order valence-corrected chi connectivity index (χ0v) is 7.28. The van der Waals surface area contributed by atoms with Crippen molar-refractivity contribution < 1.29 is 14.7 Å². The van der Waals surface area contributed by atoms with Gasteiger partial charge in [0.15, 0.2) is 0 Å². The van der Waals surface area contributed by atoms with Gasteiger partial charge in [-0.1, -0.05) is 13.8 Å². The second kappa shape index (κ2) is 3.13. The number of hydrogen-bond donors (Lipinski definition) is 1. The second-order valence-corrected chi connectivity index (χ2v) is 3.22. The minimum atomic E-state index is -1.12. The summed E-state index contributed by atoms with van der Waals surface area (Å²) in [7, 11) is 0. The van der Waals surface area contributed by atoms with Crippen LogP contribution in [0, 0.1) is 11.8 Å². The van der Waals surface area contributed by atoms with Crippen LogP contribution in [0.5, 0.6) is 0 Å². The molecule has 2 amide bonds. The molecule has 0 aromatic carbocycles. The molecule has 68 valence electrons. The van der Waals surface area contributed by atoms with Crippen LogP contribution in [0.15, 0.2) is 0 Å². The van der Waals surface area contributed by atoms with Gasteiger partial charge in [0.25, 0.3) is 0 Å². The largest absolute Gasteiger partial charge is 0.465 e. The minimum Gasteiger partial charge on any atom is -0.465 e. The van der Waals surface area contributed by atoms with Crippen LogP contribution in [0.3, 0.4) is 0 Å². The van der Waals surface area contributed by atoms with E-state index in [0.29, 0.717) is 6.54 Å². The molecule has 0 aromatic rings. The molecule has 1 fully saturated rings. The van der Waals surface area contributed by atoms with E-state index in [-0.39, 0.29) is 17.7 Å². The molecule has 1 N–H and O–H groups in total. The first-order valence-corrected chi connectivity index (χ1v) is 4.12. The Balaban J connectivity index is 2.75. The third kappa shape index (κ3) is 1.29. The number of amides is 2. The maximum Gasteiger partial charge on any atom is 0.414 e. The molecule has 1 heterocycles. The Bertz CT molecular complexity index is 214. The number of imide groups is 1. The summed E-state index contributed by atoms with van der Waals surface area (Å²) in [5.41, 5.74) is 0. The summed E-state index contributed by atoms with van der Waals surface area (Å²) in [5, 5.41) is 8.62. The predicted molar refractivity (Wildman–Crippen MR) is 42.7 cm³/mol. The summed E-state index contributed by atoms with van der Waals surface area (Å²) in [6, 6.07) is 0. The average molecular weight is 171 g/mol. The normalized spacial score (nSPS) is 29.5. The van der Waals surface area contributed by atoms with Gasteiger partial charge >= 0.3 is 6.09 Å². The summed E-state index contributed by atoms with van der Waals surface area (Å²) in [6.07, 6.45) is -0.396. The summed E-state index contributed by atoms with van der Waals surface area (Å²) < 4.78 is 0.